The average molecular weight is 304 g/mol. The molecule has 0 aliphatic carbocycles. The topological polar surface area (TPSA) is 35.5 Å². The fourth-order valence-electron chi connectivity index (χ4n) is 2.27. The molecule has 0 heterocycles. The molecule has 2 N–H and O–H groups in total. The normalized spacial score (nSPS) is 12.7. The van der Waals surface area contributed by atoms with E-state index in [1.807, 2.05) is 13.8 Å². The van der Waals surface area contributed by atoms with Crippen LogP contribution in [0, 0.1) is 5.82 Å². The van der Waals surface area contributed by atoms with Gasteiger partial charge in [-0.3, -0.25) is 0 Å². The van der Waals surface area contributed by atoms with Crippen molar-refractivity contribution in [2.75, 3.05) is 31.1 Å². The van der Waals surface area contributed by atoms with Crippen LogP contribution in [-0.4, -0.2) is 37.8 Å². The average Bonchev–Trinajstić information content (AvgIpc) is 2.43. The number of nitrogens with one attached hydrogen (secondary N) is 1. The minimum Gasteiger partial charge on any atom is -0.395 e. The van der Waals surface area contributed by atoms with Gasteiger partial charge < -0.3 is 15.3 Å². The van der Waals surface area contributed by atoms with Gasteiger partial charge in [0.05, 0.1) is 18.8 Å². The zero-order valence-electron chi connectivity index (χ0n) is 12.5. The molecule has 0 amide bonds. The van der Waals surface area contributed by atoms with Crippen LogP contribution in [0.2, 0.25) is 0 Å². The van der Waals surface area contributed by atoms with E-state index < -0.39 is 18.8 Å². The maximum absolute atomic E-state index is 14.2. The Bertz CT molecular complexity index is 429. The predicted octanol–water partition coefficient (Wildman–Crippen LogP) is 2.95. The summed E-state index contributed by atoms with van der Waals surface area (Å²) < 4.78 is 39.6. The zero-order chi connectivity index (χ0) is 15.8. The SMILES string of the molecule is CCCNC(C)c1cccc(F)c1N(CCO)CC(F)F. The molecule has 0 spiro atoms. The number of halogens is 3. The molecular weight excluding hydrogens is 281 g/mol. The number of anilines is 1. The standard InChI is InChI=1S/C15H23F3N2O/c1-3-7-19-11(2)12-5-4-6-13(16)15(12)20(8-9-21)10-14(17)18/h4-6,11,14,19,21H,3,7-10H2,1-2H3. The molecule has 0 radical (unpaired) electrons. The van der Waals surface area contributed by atoms with Crippen LogP contribution < -0.4 is 10.2 Å². The maximum atomic E-state index is 14.2. The fraction of sp³-hybridized carbons (Fsp3) is 0.600. The Morgan fingerprint density at radius 2 is 2.05 bits per heavy atom. The second kappa shape index (κ2) is 8.89. The zero-order valence-corrected chi connectivity index (χ0v) is 12.5. The lowest BCUT2D eigenvalue weighted by atomic mass is 10.0. The van der Waals surface area contributed by atoms with E-state index in [4.69, 9.17) is 5.11 Å². The first-order valence-electron chi connectivity index (χ1n) is 7.17. The molecule has 1 rings (SSSR count). The van der Waals surface area contributed by atoms with Gasteiger partial charge in [-0.05, 0) is 31.5 Å². The van der Waals surface area contributed by atoms with E-state index in [-0.39, 0.29) is 24.9 Å². The molecule has 0 saturated carbocycles. The van der Waals surface area contributed by atoms with Gasteiger partial charge >= 0.3 is 0 Å². The number of nitrogens with zero attached hydrogens (tertiary/aromatic N) is 1. The molecule has 0 aliphatic heterocycles. The molecule has 1 aromatic carbocycles. The highest BCUT2D eigenvalue weighted by Crippen LogP contribution is 2.29. The van der Waals surface area contributed by atoms with Crippen LogP contribution in [0.15, 0.2) is 18.2 Å². The molecule has 0 fully saturated rings. The molecule has 120 valence electrons. The third-order valence-corrected chi connectivity index (χ3v) is 3.23. The molecule has 1 aromatic rings. The Kier molecular flexibility index (Phi) is 7.53. The van der Waals surface area contributed by atoms with E-state index in [1.54, 1.807) is 12.1 Å². The number of aliphatic hydroxyl groups is 1. The second-order valence-corrected chi connectivity index (χ2v) is 4.91. The smallest absolute Gasteiger partial charge is 0.255 e. The molecule has 0 saturated heterocycles. The third kappa shape index (κ3) is 5.21. The van der Waals surface area contributed by atoms with Crippen LogP contribution in [0.25, 0.3) is 0 Å². The van der Waals surface area contributed by atoms with Crippen molar-refractivity contribution in [2.45, 2.75) is 32.7 Å². The van der Waals surface area contributed by atoms with Crippen molar-refractivity contribution in [2.24, 2.45) is 0 Å². The summed E-state index contributed by atoms with van der Waals surface area (Å²) in [7, 11) is 0. The lowest BCUT2D eigenvalue weighted by Crippen LogP contribution is -2.34. The van der Waals surface area contributed by atoms with Gasteiger partial charge in [-0.15, -0.1) is 0 Å². The number of alkyl halides is 2. The van der Waals surface area contributed by atoms with Gasteiger partial charge in [-0.2, -0.15) is 0 Å². The van der Waals surface area contributed by atoms with Crippen molar-refractivity contribution in [3.63, 3.8) is 0 Å². The van der Waals surface area contributed by atoms with Gasteiger partial charge in [0.1, 0.15) is 5.82 Å². The van der Waals surface area contributed by atoms with Gasteiger partial charge in [0.2, 0.25) is 0 Å². The molecule has 6 heteroatoms. The van der Waals surface area contributed by atoms with Crippen LogP contribution in [0.1, 0.15) is 31.9 Å². The van der Waals surface area contributed by atoms with Crippen LogP contribution >= 0.6 is 0 Å². The Hall–Kier alpha value is -1.27. The van der Waals surface area contributed by atoms with Crippen LogP contribution in [0.4, 0.5) is 18.9 Å². The summed E-state index contributed by atoms with van der Waals surface area (Å²) in [5, 5.41) is 12.3. The second-order valence-electron chi connectivity index (χ2n) is 4.91. The van der Waals surface area contributed by atoms with Gasteiger partial charge in [0, 0.05) is 12.6 Å². The fourth-order valence-corrected chi connectivity index (χ4v) is 2.27. The third-order valence-electron chi connectivity index (χ3n) is 3.23. The summed E-state index contributed by atoms with van der Waals surface area (Å²) in [5.41, 5.74) is 0.764. The summed E-state index contributed by atoms with van der Waals surface area (Å²) in [6.07, 6.45) is -1.67. The van der Waals surface area contributed by atoms with E-state index >= 15 is 0 Å². The molecule has 0 bridgehead atoms. The molecular formula is C15H23F3N2O. The highest BCUT2D eigenvalue weighted by Gasteiger charge is 2.21. The number of benzene rings is 1. The first kappa shape index (κ1) is 17.8. The lowest BCUT2D eigenvalue weighted by Gasteiger charge is -2.28. The van der Waals surface area contributed by atoms with E-state index in [0.717, 1.165) is 13.0 Å². The molecule has 21 heavy (non-hydrogen) atoms. The molecule has 0 aromatic heterocycles. The van der Waals surface area contributed by atoms with Crippen molar-refractivity contribution < 1.29 is 18.3 Å². The van der Waals surface area contributed by atoms with Crippen molar-refractivity contribution in [3.8, 4) is 0 Å². The molecule has 1 unspecified atom stereocenters. The molecule has 1 atom stereocenters. The van der Waals surface area contributed by atoms with Gasteiger partial charge in [0.15, 0.2) is 0 Å². The summed E-state index contributed by atoms with van der Waals surface area (Å²) in [4.78, 5) is 1.21. The predicted molar refractivity (Wildman–Crippen MR) is 78.4 cm³/mol. The van der Waals surface area contributed by atoms with Crippen molar-refractivity contribution >= 4 is 5.69 Å². The van der Waals surface area contributed by atoms with Crippen LogP contribution in [0.5, 0.6) is 0 Å². The maximum Gasteiger partial charge on any atom is 0.255 e. The van der Waals surface area contributed by atoms with E-state index in [0.29, 0.717) is 5.56 Å². The summed E-state index contributed by atoms with van der Waals surface area (Å²) in [5.74, 6) is -0.549. The minimum absolute atomic E-state index is 0.0290. The first-order chi connectivity index (χ1) is 10.0. The van der Waals surface area contributed by atoms with Crippen LogP contribution in [-0.2, 0) is 0 Å². The molecule has 0 aliphatic rings. The number of hydrogen-bond donors (Lipinski definition) is 2. The van der Waals surface area contributed by atoms with Gasteiger partial charge in [-0.25, -0.2) is 13.2 Å². The van der Waals surface area contributed by atoms with E-state index in [2.05, 4.69) is 5.32 Å². The van der Waals surface area contributed by atoms with Crippen molar-refractivity contribution in [3.05, 3.63) is 29.6 Å². The highest BCUT2D eigenvalue weighted by atomic mass is 19.3. The van der Waals surface area contributed by atoms with Crippen molar-refractivity contribution in [1.82, 2.24) is 5.32 Å². The number of hydrogen-bond acceptors (Lipinski definition) is 3. The Labute approximate surface area is 123 Å². The lowest BCUT2D eigenvalue weighted by molar-refractivity contribution is 0.152. The first-order valence-corrected chi connectivity index (χ1v) is 7.17. The van der Waals surface area contributed by atoms with E-state index in [1.165, 1.54) is 11.0 Å². The Balaban J connectivity index is 3.11. The largest absolute Gasteiger partial charge is 0.395 e. The summed E-state index contributed by atoms with van der Waals surface area (Å²) in [6.45, 7) is 3.70. The quantitative estimate of drug-likeness (QED) is 0.736. The Morgan fingerprint density at radius 1 is 1.33 bits per heavy atom. The van der Waals surface area contributed by atoms with Crippen molar-refractivity contribution in [1.29, 1.82) is 0 Å². The van der Waals surface area contributed by atoms with E-state index in [9.17, 15) is 13.2 Å². The summed E-state index contributed by atoms with van der Waals surface area (Å²) >= 11 is 0. The van der Waals surface area contributed by atoms with Crippen LogP contribution in [0.3, 0.4) is 0 Å². The monoisotopic (exact) mass is 304 g/mol. The summed E-state index contributed by atoms with van der Waals surface area (Å²) in [6, 6.07) is 4.38. The van der Waals surface area contributed by atoms with Gasteiger partial charge in [-0.1, -0.05) is 19.1 Å². The Morgan fingerprint density at radius 3 is 2.62 bits per heavy atom. The van der Waals surface area contributed by atoms with Gasteiger partial charge in [0.25, 0.3) is 6.43 Å². The number of para-hydroxylation sites is 1. The number of rotatable bonds is 9. The molecule has 3 nitrogen and oxygen atoms in total. The highest BCUT2D eigenvalue weighted by molar-refractivity contribution is 5.56. The minimum atomic E-state index is -2.59. The number of aliphatic hydroxyl groups excluding tert-OH is 1.